The van der Waals surface area contributed by atoms with Gasteiger partial charge in [-0.25, -0.2) is 4.79 Å². The van der Waals surface area contributed by atoms with Gasteiger partial charge in [0, 0.05) is 0 Å². The molecule has 0 amide bonds. The summed E-state index contributed by atoms with van der Waals surface area (Å²) in [5.41, 5.74) is -2.25. The highest BCUT2D eigenvalue weighted by atomic mass is 19.3. The fraction of sp³-hybridized carbons (Fsp3) is 0.462. The molecule has 0 aliphatic heterocycles. The Labute approximate surface area is 118 Å². The summed E-state index contributed by atoms with van der Waals surface area (Å²) in [6.07, 6.45) is -0.563. The summed E-state index contributed by atoms with van der Waals surface area (Å²) in [5.74, 6) is -6.78. The highest BCUT2D eigenvalue weighted by Gasteiger charge is 2.55. The van der Waals surface area contributed by atoms with Crippen LogP contribution < -0.4 is 4.74 Å². The second-order valence-electron chi connectivity index (χ2n) is 4.68. The van der Waals surface area contributed by atoms with Crippen molar-refractivity contribution in [3.63, 3.8) is 0 Å². The Hall–Kier alpha value is -1.83. The van der Waals surface area contributed by atoms with Crippen LogP contribution in [-0.4, -0.2) is 34.3 Å². The number of alkyl halides is 4. The molecule has 0 radical (unpaired) electrons. The van der Waals surface area contributed by atoms with Gasteiger partial charge in [-0.2, -0.15) is 17.6 Å². The van der Waals surface area contributed by atoms with Crippen molar-refractivity contribution in [1.82, 2.24) is 0 Å². The summed E-state index contributed by atoms with van der Waals surface area (Å²) >= 11 is 0. The minimum Gasteiger partial charge on any atom is -0.477 e. The molecule has 4 nitrogen and oxygen atoms in total. The van der Waals surface area contributed by atoms with Crippen molar-refractivity contribution in [3.05, 3.63) is 29.8 Å². The van der Waals surface area contributed by atoms with Crippen LogP contribution in [0.3, 0.4) is 0 Å². The zero-order valence-corrected chi connectivity index (χ0v) is 11.0. The minimum atomic E-state index is -4.29. The van der Waals surface area contributed by atoms with Gasteiger partial charge in [0.05, 0.1) is 0 Å². The zero-order valence-electron chi connectivity index (χ0n) is 11.0. The Kier molecular flexibility index (Phi) is 5.16. The van der Waals surface area contributed by atoms with E-state index in [1.807, 2.05) is 0 Å². The molecule has 0 spiro atoms. The maximum atomic E-state index is 13.3. The monoisotopic (exact) mass is 310 g/mol. The summed E-state index contributed by atoms with van der Waals surface area (Å²) in [6, 6.07) is 5.19. The predicted molar refractivity (Wildman–Crippen MR) is 64.6 cm³/mol. The number of aliphatic hydroxyl groups is 1. The molecule has 2 N–H and O–H groups in total. The van der Waals surface area contributed by atoms with E-state index in [0.29, 0.717) is 5.56 Å². The van der Waals surface area contributed by atoms with Gasteiger partial charge < -0.3 is 14.9 Å². The number of rotatable bonds is 7. The zero-order chi connectivity index (χ0) is 16.3. The lowest BCUT2D eigenvalue weighted by Crippen LogP contribution is -2.51. The second-order valence-corrected chi connectivity index (χ2v) is 4.68. The van der Waals surface area contributed by atoms with Crippen molar-refractivity contribution < 1.29 is 37.3 Å². The first-order valence-electron chi connectivity index (χ1n) is 5.93. The number of halogens is 4. The van der Waals surface area contributed by atoms with Crippen LogP contribution in [0.4, 0.5) is 17.6 Å². The Morgan fingerprint density at radius 2 is 1.81 bits per heavy atom. The number of aliphatic carboxylic acids is 1. The third kappa shape index (κ3) is 4.32. The molecule has 0 heterocycles. The predicted octanol–water partition coefficient (Wildman–Crippen LogP) is 2.69. The first kappa shape index (κ1) is 17.2. The van der Waals surface area contributed by atoms with E-state index in [4.69, 9.17) is 5.11 Å². The topological polar surface area (TPSA) is 66.8 Å². The van der Waals surface area contributed by atoms with Crippen molar-refractivity contribution in [2.45, 2.75) is 37.9 Å². The standard InChI is InChI=1S/C13H14F4O4/c1-12(20,13(16,17)10(18)19)7-6-8-2-4-9(5-3-8)21-11(14)15/h2-5,11,20H,6-7H2,1H3,(H,18,19). The van der Waals surface area contributed by atoms with Crippen LogP contribution in [0.25, 0.3) is 0 Å². The number of ether oxygens (including phenoxy) is 1. The summed E-state index contributed by atoms with van der Waals surface area (Å²) in [6.45, 7) is -2.24. The van der Waals surface area contributed by atoms with E-state index in [1.54, 1.807) is 0 Å². The number of carboxylic acids is 1. The van der Waals surface area contributed by atoms with Gasteiger partial charge in [0.1, 0.15) is 11.4 Å². The summed E-state index contributed by atoms with van der Waals surface area (Å²) in [7, 11) is 0. The highest BCUT2D eigenvalue weighted by Crippen LogP contribution is 2.33. The van der Waals surface area contributed by atoms with Crippen molar-refractivity contribution in [3.8, 4) is 5.75 Å². The van der Waals surface area contributed by atoms with E-state index in [-0.39, 0.29) is 12.2 Å². The molecule has 0 bridgehead atoms. The molecular formula is C13H14F4O4. The maximum Gasteiger partial charge on any atom is 0.387 e. The third-order valence-electron chi connectivity index (χ3n) is 2.99. The van der Waals surface area contributed by atoms with Crippen LogP contribution in [0.5, 0.6) is 5.75 Å². The van der Waals surface area contributed by atoms with Crippen molar-refractivity contribution in [2.24, 2.45) is 0 Å². The van der Waals surface area contributed by atoms with Gasteiger partial charge in [0.15, 0.2) is 0 Å². The average molecular weight is 310 g/mol. The Bertz CT molecular complexity index is 485. The molecular weight excluding hydrogens is 296 g/mol. The molecule has 1 aromatic rings. The first-order valence-corrected chi connectivity index (χ1v) is 5.93. The number of aryl methyl sites for hydroxylation is 1. The van der Waals surface area contributed by atoms with E-state index in [1.165, 1.54) is 24.3 Å². The molecule has 0 aromatic heterocycles. The van der Waals surface area contributed by atoms with E-state index >= 15 is 0 Å². The summed E-state index contributed by atoms with van der Waals surface area (Å²) < 4.78 is 54.6. The lowest BCUT2D eigenvalue weighted by Gasteiger charge is -2.29. The maximum absolute atomic E-state index is 13.3. The lowest BCUT2D eigenvalue weighted by atomic mass is 9.90. The van der Waals surface area contributed by atoms with Crippen LogP contribution in [0.1, 0.15) is 18.9 Å². The quantitative estimate of drug-likeness (QED) is 0.760. The Morgan fingerprint density at radius 1 is 1.29 bits per heavy atom. The molecule has 1 unspecified atom stereocenters. The van der Waals surface area contributed by atoms with Gasteiger partial charge in [-0.15, -0.1) is 0 Å². The van der Waals surface area contributed by atoms with E-state index in [9.17, 15) is 27.5 Å². The van der Waals surface area contributed by atoms with Gasteiger partial charge in [-0.1, -0.05) is 12.1 Å². The van der Waals surface area contributed by atoms with Gasteiger partial charge >= 0.3 is 18.5 Å². The molecule has 118 valence electrons. The first-order chi connectivity index (χ1) is 9.56. The number of benzene rings is 1. The summed E-state index contributed by atoms with van der Waals surface area (Å²) in [5, 5.41) is 18.0. The second kappa shape index (κ2) is 6.30. The minimum absolute atomic E-state index is 0.0508. The molecule has 0 aliphatic carbocycles. The normalized spacial score (nSPS) is 14.8. The fourth-order valence-corrected chi connectivity index (χ4v) is 1.61. The van der Waals surface area contributed by atoms with Crippen LogP contribution >= 0.6 is 0 Å². The molecule has 0 saturated heterocycles. The largest absolute Gasteiger partial charge is 0.477 e. The number of hydrogen-bond donors (Lipinski definition) is 2. The van der Waals surface area contributed by atoms with Crippen LogP contribution in [0, 0.1) is 0 Å². The van der Waals surface area contributed by atoms with Crippen molar-refractivity contribution in [1.29, 1.82) is 0 Å². The van der Waals surface area contributed by atoms with Crippen LogP contribution in [0.15, 0.2) is 24.3 Å². The fourth-order valence-electron chi connectivity index (χ4n) is 1.61. The van der Waals surface area contributed by atoms with Crippen LogP contribution in [0.2, 0.25) is 0 Å². The summed E-state index contributed by atoms with van der Waals surface area (Å²) in [4.78, 5) is 10.4. The van der Waals surface area contributed by atoms with Gasteiger partial charge in [-0.3, -0.25) is 0 Å². The molecule has 0 saturated carbocycles. The average Bonchev–Trinajstić information content (AvgIpc) is 2.37. The van der Waals surface area contributed by atoms with Gasteiger partial charge in [0.2, 0.25) is 0 Å². The lowest BCUT2D eigenvalue weighted by molar-refractivity contribution is -0.205. The molecule has 0 fully saturated rings. The van der Waals surface area contributed by atoms with Crippen molar-refractivity contribution in [2.75, 3.05) is 0 Å². The smallest absolute Gasteiger partial charge is 0.387 e. The molecule has 1 rings (SSSR count). The number of hydrogen-bond acceptors (Lipinski definition) is 3. The molecule has 8 heteroatoms. The number of carboxylic acid groups (broad SMARTS) is 1. The Balaban J connectivity index is 2.68. The SMILES string of the molecule is CC(O)(CCc1ccc(OC(F)F)cc1)C(F)(F)C(=O)O. The number of carbonyl (C=O) groups is 1. The van der Waals surface area contributed by atoms with Crippen molar-refractivity contribution >= 4 is 5.97 Å². The molecule has 1 aromatic carbocycles. The molecule has 21 heavy (non-hydrogen) atoms. The Morgan fingerprint density at radius 3 is 2.24 bits per heavy atom. The molecule has 1 atom stereocenters. The highest BCUT2D eigenvalue weighted by molar-refractivity contribution is 5.76. The molecule has 0 aliphatic rings. The van der Waals surface area contributed by atoms with E-state index in [0.717, 1.165) is 6.92 Å². The van der Waals surface area contributed by atoms with Gasteiger partial charge in [-0.05, 0) is 37.5 Å². The van der Waals surface area contributed by atoms with Crippen LogP contribution in [-0.2, 0) is 11.2 Å². The van der Waals surface area contributed by atoms with E-state index < -0.39 is 30.5 Å². The van der Waals surface area contributed by atoms with E-state index in [2.05, 4.69) is 4.74 Å². The third-order valence-corrected chi connectivity index (χ3v) is 2.99. The van der Waals surface area contributed by atoms with Gasteiger partial charge in [0.25, 0.3) is 0 Å².